The maximum absolute atomic E-state index is 13.1. The van der Waals surface area contributed by atoms with Crippen molar-refractivity contribution in [3.63, 3.8) is 0 Å². The maximum Gasteiger partial charge on any atom is 0.338 e. The largest absolute Gasteiger partial charge is 0.465 e. The highest BCUT2D eigenvalue weighted by Gasteiger charge is 2.71. The minimum Gasteiger partial charge on any atom is -0.465 e. The molecule has 1 aromatic carbocycles. The standard InChI is InChI=1S/C29H38O5/c1-18-21-11-12-23-28(4)15-8-14-27(3,17-33-19(2)30)22(28)13-16-29(23,24(21)31)25(18)34-26(32)20-9-6-5-7-10-20/h5-7,9-10,21-25,31H,1,8,11-17H2,2-4H3/t21-,22+,23-,24+,25-,27+,28+,29-/m0/s1. The Balaban J connectivity index is 1.50. The highest BCUT2D eigenvalue weighted by atomic mass is 16.5. The Kier molecular flexibility index (Phi) is 5.70. The zero-order valence-corrected chi connectivity index (χ0v) is 20.7. The molecule has 0 unspecified atom stereocenters. The van der Waals surface area contributed by atoms with Gasteiger partial charge >= 0.3 is 11.9 Å². The van der Waals surface area contributed by atoms with E-state index >= 15 is 0 Å². The van der Waals surface area contributed by atoms with Crippen molar-refractivity contribution in [3.8, 4) is 0 Å². The second-order valence-electron chi connectivity index (χ2n) is 11.9. The summed E-state index contributed by atoms with van der Waals surface area (Å²) in [6.45, 7) is 11.0. The third kappa shape index (κ3) is 3.30. The first-order valence-electron chi connectivity index (χ1n) is 12.9. The number of benzene rings is 1. The first-order valence-corrected chi connectivity index (χ1v) is 12.9. The molecular weight excluding hydrogens is 428 g/mol. The normalized spacial score (nSPS) is 42.9. The van der Waals surface area contributed by atoms with Gasteiger partial charge in [-0.1, -0.05) is 45.0 Å². The Labute approximate surface area is 202 Å². The van der Waals surface area contributed by atoms with Gasteiger partial charge in [0.05, 0.1) is 18.3 Å². The molecule has 8 atom stereocenters. The Morgan fingerprint density at radius 2 is 1.79 bits per heavy atom. The van der Waals surface area contributed by atoms with Crippen molar-refractivity contribution in [1.29, 1.82) is 0 Å². The van der Waals surface area contributed by atoms with Crippen molar-refractivity contribution in [2.24, 2.45) is 34.0 Å². The predicted octanol–water partition coefficient (Wildman–Crippen LogP) is 5.32. The summed E-state index contributed by atoms with van der Waals surface area (Å²) in [6.07, 6.45) is 5.84. The molecule has 0 aromatic heterocycles. The summed E-state index contributed by atoms with van der Waals surface area (Å²) in [5.74, 6) is 0.0505. The fourth-order valence-electron chi connectivity index (χ4n) is 8.90. The van der Waals surface area contributed by atoms with Gasteiger partial charge in [-0.05, 0) is 73.5 Å². The molecule has 0 amide bonds. The van der Waals surface area contributed by atoms with Crippen molar-refractivity contribution in [1.82, 2.24) is 0 Å². The molecule has 0 saturated heterocycles. The van der Waals surface area contributed by atoms with E-state index in [-0.39, 0.29) is 34.6 Å². The maximum atomic E-state index is 13.1. The number of aliphatic hydroxyl groups is 1. The lowest BCUT2D eigenvalue weighted by Gasteiger charge is -2.65. The average Bonchev–Trinajstić information content (AvgIpc) is 2.91. The van der Waals surface area contributed by atoms with E-state index in [1.807, 2.05) is 18.2 Å². The molecule has 184 valence electrons. The zero-order chi connectivity index (χ0) is 24.3. The number of carbonyl (C=O) groups excluding carboxylic acids is 2. The van der Waals surface area contributed by atoms with Crippen LogP contribution in [0.25, 0.3) is 0 Å². The molecule has 0 aliphatic heterocycles. The van der Waals surface area contributed by atoms with Crippen LogP contribution in [0.5, 0.6) is 0 Å². The third-order valence-electron chi connectivity index (χ3n) is 10.3. The van der Waals surface area contributed by atoms with Gasteiger partial charge in [-0.15, -0.1) is 0 Å². The van der Waals surface area contributed by atoms with Crippen molar-refractivity contribution in [3.05, 3.63) is 48.0 Å². The Hall–Kier alpha value is -2.14. The van der Waals surface area contributed by atoms with Gasteiger partial charge in [0.15, 0.2) is 0 Å². The van der Waals surface area contributed by atoms with Gasteiger partial charge in [-0.2, -0.15) is 0 Å². The predicted molar refractivity (Wildman–Crippen MR) is 129 cm³/mol. The van der Waals surface area contributed by atoms with E-state index in [1.54, 1.807) is 12.1 Å². The summed E-state index contributed by atoms with van der Waals surface area (Å²) in [4.78, 5) is 24.8. The summed E-state index contributed by atoms with van der Waals surface area (Å²) in [7, 11) is 0. The lowest BCUT2D eigenvalue weighted by atomic mass is 9.40. The Morgan fingerprint density at radius 1 is 1.06 bits per heavy atom. The first-order chi connectivity index (χ1) is 16.1. The van der Waals surface area contributed by atoms with Crippen LogP contribution in [0.2, 0.25) is 0 Å². The number of aliphatic hydroxyl groups excluding tert-OH is 1. The molecule has 1 spiro atoms. The molecule has 0 radical (unpaired) electrons. The van der Waals surface area contributed by atoms with Crippen LogP contribution in [-0.4, -0.2) is 35.9 Å². The first kappa shape index (κ1) is 23.6. The molecule has 2 bridgehead atoms. The van der Waals surface area contributed by atoms with E-state index in [1.165, 1.54) is 6.92 Å². The van der Waals surface area contributed by atoms with Gasteiger partial charge < -0.3 is 14.6 Å². The van der Waals surface area contributed by atoms with Crippen LogP contribution in [0, 0.1) is 34.0 Å². The SMILES string of the molecule is C=C1[C@@H]2CC[C@H]3[C@]4(C)CCC[C@](C)(COC(C)=O)[C@H]4CC[C@]3([C@@H]2O)[C@H]1OC(=O)c1ccccc1. The van der Waals surface area contributed by atoms with E-state index in [0.29, 0.717) is 18.1 Å². The van der Waals surface area contributed by atoms with Crippen molar-refractivity contribution in [2.75, 3.05) is 6.61 Å². The van der Waals surface area contributed by atoms with E-state index < -0.39 is 17.6 Å². The zero-order valence-electron chi connectivity index (χ0n) is 20.7. The topological polar surface area (TPSA) is 72.8 Å². The number of carbonyl (C=O) groups is 2. The minimum absolute atomic E-state index is 0.0130. The number of esters is 2. The van der Waals surface area contributed by atoms with Crippen LogP contribution in [0.15, 0.2) is 42.5 Å². The molecule has 5 heteroatoms. The Morgan fingerprint density at radius 3 is 2.50 bits per heavy atom. The van der Waals surface area contributed by atoms with Gasteiger partial charge in [-0.3, -0.25) is 4.79 Å². The van der Waals surface area contributed by atoms with Gasteiger partial charge in [-0.25, -0.2) is 4.79 Å². The van der Waals surface area contributed by atoms with Gasteiger partial charge in [0.2, 0.25) is 0 Å². The molecule has 4 saturated carbocycles. The highest BCUT2D eigenvalue weighted by molar-refractivity contribution is 5.89. The highest BCUT2D eigenvalue weighted by Crippen LogP contribution is 2.72. The molecule has 4 aliphatic rings. The second kappa shape index (κ2) is 8.22. The molecule has 4 aliphatic carbocycles. The van der Waals surface area contributed by atoms with Crippen LogP contribution >= 0.6 is 0 Å². The molecular formula is C29H38O5. The minimum atomic E-state index is -0.535. The fraction of sp³-hybridized carbons (Fsp3) is 0.655. The summed E-state index contributed by atoms with van der Waals surface area (Å²) >= 11 is 0. The molecule has 1 N–H and O–H groups in total. The van der Waals surface area contributed by atoms with Gasteiger partial charge in [0.25, 0.3) is 0 Å². The molecule has 5 rings (SSSR count). The van der Waals surface area contributed by atoms with Crippen molar-refractivity contribution < 1.29 is 24.2 Å². The fourth-order valence-corrected chi connectivity index (χ4v) is 8.90. The van der Waals surface area contributed by atoms with Crippen LogP contribution in [0.1, 0.15) is 76.1 Å². The summed E-state index contributed by atoms with van der Waals surface area (Å²) in [5, 5.41) is 11.7. The van der Waals surface area contributed by atoms with Gasteiger partial charge in [0.1, 0.15) is 6.10 Å². The van der Waals surface area contributed by atoms with Crippen LogP contribution in [-0.2, 0) is 14.3 Å². The van der Waals surface area contributed by atoms with Gasteiger partial charge in [0, 0.05) is 23.7 Å². The van der Waals surface area contributed by atoms with Crippen LogP contribution in [0.4, 0.5) is 0 Å². The van der Waals surface area contributed by atoms with Crippen LogP contribution in [0.3, 0.4) is 0 Å². The lowest BCUT2D eigenvalue weighted by Crippen LogP contribution is -2.63. The smallest absolute Gasteiger partial charge is 0.338 e. The quantitative estimate of drug-likeness (QED) is 0.480. The number of fused-ring (bicyclic) bond motifs is 3. The van der Waals surface area contributed by atoms with Crippen molar-refractivity contribution in [2.45, 2.75) is 77.9 Å². The number of ether oxygens (including phenoxy) is 2. The molecule has 34 heavy (non-hydrogen) atoms. The van der Waals surface area contributed by atoms with E-state index in [0.717, 1.165) is 50.5 Å². The number of hydrogen-bond acceptors (Lipinski definition) is 5. The molecule has 1 aromatic rings. The van der Waals surface area contributed by atoms with Crippen LogP contribution < -0.4 is 0 Å². The monoisotopic (exact) mass is 466 g/mol. The summed E-state index contributed by atoms with van der Waals surface area (Å²) in [5.41, 5.74) is 0.841. The van der Waals surface area contributed by atoms with E-state index in [9.17, 15) is 14.7 Å². The third-order valence-corrected chi connectivity index (χ3v) is 10.3. The van der Waals surface area contributed by atoms with E-state index in [4.69, 9.17) is 9.47 Å². The number of rotatable bonds is 4. The Bertz CT molecular complexity index is 987. The molecule has 5 nitrogen and oxygen atoms in total. The summed E-state index contributed by atoms with van der Waals surface area (Å²) in [6, 6.07) is 9.11. The van der Waals surface area contributed by atoms with E-state index in [2.05, 4.69) is 20.4 Å². The molecule has 4 fully saturated rings. The average molecular weight is 467 g/mol. The number of hydrogen-bond donors (Lipinski definition) is 1. The molecule has 0 heterocycles. The summed E-state index contributed by atoms with van der Waals surface area (Å²) < 4.78 is 11.8. The second-order valence-corrected chi connectivity index (χ2v) is 11.9. The lowest BCUT2D eigenvalue weighted by molar-refractivity contribution is -0.214. The van der Waals surface area contributed by atoms with Crippen molar-refractivity contribution >= 4 is 11.9 Å².